The number of carbonyl (C=O) groups excluding carboxylic acids is 2. The standard InChI is InChI=1S/C20H25N5O7/c1-2-3-8-30-20(29)24-14(19(27)28)10-23-18(26)15-9-16(25-32-15)31-11-12-4-6-13(7-5-12)17(21)22/h4-7,9,14H,2-3,8,10-11H2,1H3,(H3,21,22)(H,23,26)(H,24,29)(H,27,28)/t14-/m0/s1. The third kappa shape index (κ3) is 7.63. The molecule has 0 saturated carbocycles. The van der Waals surface area contributed by atoms with Gasteiger partial charge in [-0.2, -0.15) is 0 Å². The topological polar surface area (TPSA) is 190 Å². The summed E-state index contributed by atoms with van der Waals surface area (Å²) in [6.45, 7) is 1.83. The number of nitrogens with one attached hydrogen (secondary N) is 3. The van der Waals surface area contributed by atoms with Crippen LogP contribution in [0.25, 0.3) is 0 Å². The number of amides is 2. The molecule has 2 amide bonds. The Morgan fingerprint density at radius 3 is 2.62 bits per heavy atom. The molecule has 0 aliphatic carbocycles. The van der Waals surface area contributed by atoms with Crippen molar-refractivity contribution < 1.29 is 33.5 Å². The van der Waals surface area contributed by atoms with Crippen molar-refractivity contribution in [2.24, 2.45) is 5.73 Å². The number of carboxylic acid groups (broad SMARTS) is 1. The number of nitrogen functional groups attached to an aromatic ring is 1. The van der Waals surface area contributed by atoms with Crippen LogP contribution in [0.15, 0.2) is 34.9 Å². The van der Waals surface area contributed by atoms with Crippen LogP contribution in [-0.2, 0) is 16.1 Å². The predicted molar refractivity (Wildman–Crippen MR) is 111 cm³/mol. The van der Waals surface area contributed by atoms with E-state index in [-0.39, 0.29) is 30.7 Å². The highest BCUT2D eigenvalue weighted by Crippen LogP contribution is 2.14. The second kappa shape index (κ2) is 11.9. The van der Waals surface area contributed by atoms with Crippen LogP contribution < -0.4 is 21.1 Å². The molecule has 32 heavy (non-hydrogen) atoms. The first-order valence-corrected chi connectivity index (χ1v) is 9.77. The van der Waals surface area contributed by atoms with E-state index >= 15 is 0 Å². The van der Waals surface area contributed by atoms with Crippen LogP contribution in [0.2, 0.25) is 0 Å². The molecule has 1 heterocycles. The quantitative estimate of drug-likeness (QED) is 0.181. The highest BCUT2D eigenvalue weighted by atomic mass is 16.5. The average Bonchev–Trinajstić information content (AvgIpc) is 3.24. The molecule has 0 spiro atoms. The minimum Gasteiger partial charge on any atom is -0.480 e. The molecule has 6 N–H and O–H groups in total. The van der Waals surface area contributed by atoms with Gasteiger partial charge in [-0.05, 0) is 17.1 Å². The van der Waals surface area contributed by atoms with Gasteiger partial charge in [-0.1, -0.05) is 37.6 Å². The Kier molecular flexibility index (Phi) is 9.02. The number of aromatic nitrogens is 1. The molecule has 172 valence electrons. The van der Waals surface area contributed by atoms with E-state index in [9.17, 15) is 19.5 Å². The van der Waals surface area contributed by atoms with Crippen molar-refractivity contribution in [2.75, 3.05) is 13.2 Å². The zero-order valence-corrected chi connectivity index (χ0v) is 17.4. The molecule has 0 unspecified atom stereocenters. The molecule has 12 heteroatoms. The number of nitrogens with two attached hydrogens (primary N) is 1. The van der Waals surface area contributed by atoms with E-state index in [1.165, 1.54) is 6.07 Å². The Balaban J connectivity index is 1.83. The number of nitrogens with zero attached hydrogens (tertiary/aromatic N) is 1. The number of benzene rings is 1. The number of amidine groups is 1. The Bertz CT molecular complexity index is 942. The molecule has 0 bridgehead atoms. The molecule has 2 rings (SSSR count). The second-order valence-electron chi connectivity index (χ2n) is 6.66. The zero-order chi connectivity index (χ0) is 23.5. The van der Waals surface area contributed by atoms with E-state index in [2.05, 4.69) is 15.8 Å². The molecule has 0 radical (unpaired) electrons. The number of rotatable bonds is 12. The summed E-state index contributed by atoms with van der Waals surface area (Å²) in [6, 6.07) is 6.68. The lowest BCUT2D eigenvalue weighted by Crippen LogP contribution is -2.48. The Morgan fingerprint density at radius 2 is 2.00 bits per heavy atom. The second-order valence-corrected chi connectivity index (χ2v) is 6.66. The summed E-state index contributed by atoms with van der Waals surface area (Å²) >= 11 is 0. The number of alkyl carbamates (subject to hydrolysis) is 1. The molecule has 0 fully saturated rings. The van der Waals surface area contributed by atoms with Gasteiger partial charge < -0.3 is 35.5 Å². The third-order valence-corrected chi connectivity index (χ3v) is 4.15. The van der Waals surface area contributed by atoms with Crippen molar-refractivity contribution in [1.29, 1.82) is 5.41 Å². The van der Waals surface area contributed by atoms with Crippen LogP contribution in [0, 0.1) is 5.41 Å². The van der Waals surface area contributed by atoms with E-state index < -0.39 is 30.6 Å². The molecule has 0 saturated heterocycles. The number of carboxylic acids is 1. The van der Waals surface area contributed by atoms with E-state index in [1.807, 2.05) is 6.92 Å². The van der Waals surface area contributed by atoms with Crippen LogP contribution in [0.5, 0.6) is 5.88 Å². The number of ether oxygens (including phenoxy) is 2. The molecule has 0 aliphatic heterocycles. The normalized spacial score (nSPS) is 11.3. The van der Waals surface area contributed by atoms with Crippen molar-refractivity contribution in [3.05, 3.63) is 47.2 Å². The van der Waals surface area contributed by atoms with E-state index in [0.29, 0.717) is 12.0 Å². The third-order valence-electron chi connectivity index (χ3n) is 4.15. The Hall–Kier alpha value is -4.09. The predicted octanol–water partition coefficient (Wildman–Crippen LogP) is 1.25. The fourth-order valence-corrected chi connectivity index (χ4v) is 2.35. The molecular formula is C20H25N5O7. The largest absolute Gasteiger partial charge is 0.480 e. The molecule has 1 aromatic heterocycles. The van der Waals surface area contributed by atoms with Crippen molar-refractivity contribution >= 4 is 23.8 Å². The molecule has 1 atom stereocenters. The molecule has 2 aromatic rings. The summed E-state index contributed by atoms with van der Waals surface area (Å²) in [4.78, 5) is 35.1. The first-order chi connectivity index (χ1) is 15.3. The average molecular weight is 447 g/mol. The zero-order valence-electron chi connectivity index (χ0n) is 17.4. The highest BCUT2D eigenvalue weighted by Gasteiger charge is 2.23. The lowest BCUT2D eigenvalue weighted by Gasteiger charge is -2.14. The van der Waals surface area contributed by atoms with Gasteiger partial charge in [0.15, 0.2) is 0 Å². The van der Waals surface area contributed by atoms with E-state index in [0.717, 1.165) is 12.0 Å². The van der Waals surface area contributed by atoms with Crippen molar-refractivity contribution in [3.63, 3.8) is 0 Å². The molecule has 12 nitrogen and oxygen atoms in total. The molecule has 0 aliphatic rings. The summed E-state index contributed by atoms with van der Waals surface area (Å²) < 4.78 is 15.2. The number of hydrogen-bond donors (Lipinski definition) is 5. The first kappa shape index (κ1) is 24.2. The minimum absolute atomic E-state index is 0.0432. The van der Waals surface area contributed by atoms with Gasteiger partial charge in [-0.15, -0.1) is 0 Å². The summed E-state index contributed by atoms with van der Waals surface area (Å²) in [5.74, 6) is -2.25. The van der Waals surface area contributed by atoms with E-state index in [4.69, 9.17) is 25.1 Å². The number of carbonyl (C=O) groups is 3. The van der Waals surface area contributed by atoms with Gasteiger partial charge >= 0.3 is 12.1 Å². The van der Waals surface area contributed by atoms with Gasteiger partial charge in [-0.25, -0.2) is 9.59 Å². The number of hydrogen-bond acceptors (Lipinski definition) is 8. The van der Waals surface area contributed by atoms with Gasteiger partial charge in [0.25, 0.3) is 11.8 Å². The van der Waals surface area contributed by atoms with Crippen LogP contribution in [0.1, 0.15) is 41.4 Å². The maximum Gasteiger partial charge on any atom is 0.407 e. The summed E-state index contributed by atoms with van der Waals surface area (Å²) in [5.41, 5.74) is 6.76. The monoisotopic (exact) mass is 447 g/mol. The van der Waals surface area contributed by atoms with Gasteiger partial charge in [0.05, 0.1) is 12.7 Å². The van der Waals surface area contributed by atoms with Crippen molar-refractivity contribution in [1.82, 2.24) is 15.8 Å². The van der Waals surface area contributed by atoms with Crippen LogP contribution >= 0.6 is 0 Å². The van der Waals surface area contributed by atoms with Gasteiger partial charge in [0.1, 0.15) is 18.5 Å². The maximum atomic E-state index is 12.2. The summed E-state index contributed by atoms with van der Waals surface area (Å²) in [5, 5.41) is 24.7. The van der Waals surface area contributed by atoms with Gasteiger partial charge in [-0.3, -0.25) is 10.2 Å². The molecule has 1 aromatic carbocycles. The van der Waals surface area contributed by atoms with Gasteiger partial charge in [0, 0.05) is 12.1 Å². The van der Waals surface area contributed by atoms with Crippen LogP contribution in [-0.4, -0.2) is 53.3 Å². The lowest BCUT2D eigenvalue weighted by atomic mass is 10.1. The molecular weight excluding hydrogens is 422 g/mol. The Labute approximate surface area is 183 Å². The smallest absolute Gasteiger partial charge is 0.407 e. The first-order valence-electron chi connectivity index (χ1n) is 9.77. The number of aliphatic carboxylic acids is 1. The SMILES string of the molecule is CCCCOC(=O)N[C@@H](CNC(=O)c1cc(OCc2ccc(C(=N)N)cc2)no1)C(=O)O. The summed E-state index contributed by atoms with van der Waals surface area (Å²) in [6.07, 6.45) is 0.592. The van der Waals surface area contributed by atoms with Crippen molar-refractivity contribution in [2.45, 2.75) is 32.4 Å². The van der Waals surface area contributed by atoms with Gasteiger partial charge in [0.2, 0.25) is 5.76 Å². The number of unbranched alkanes of at least 4 members (excludes halogenated alkanes) is 1. The van der Waals surface area contributed by atoms with E-state index in [1.54, 1.807) is 24.3 Å². The fraction of sp³-hybridized carbons (Fsp3) is 0.350. The van der Waals surface area contributed by atoms with Crippen molar-refractivity contribution in [3.8, 4) is 5.88 Å². The minimum atomic E-state index is -1.38. The lowest BCUT2D eigenvalue weighted by molar-refractivity contribution is -0.139. The fourth-order valence-electron chi connectivity index (χ4n) is 2.35. The maximum absolute atomic E-state index is 12.2. The Morgan fingerprint density at radius 1 is 1.28 bits per heavy atom. The highest BCUT2D eigenvalue weighted by molar-refractivity contribution is 5.95. The summed E-state index contributed by atoms with van der Waals surface area (Å²) in [7, 11) is 0. The van der Waals surface area contributed by atoms with Crippen LogP contribution in [0.4, 0.5) is 4.79 Å². The van der Waals surface area contributed by atoms with Crippen LogP contribution in [0.3, 0.4) is 0 Å².